The van der Waals surface area contributed by atoms with Gasteiger partial charge in [0.1, 0.15) is 18.6 Å². The summed E-state index contributed by atoms with van der Waals surface area (Å²) < 4.78 is 0. The second kappa shape index (κ2) is 9.80. The highest BCUT2D eigenvalue weighted by Gasteiger charge is 2.32. The minimum Gasteiger partial charge on any atom is -0.480 e. The minimum absolute atomic E-state index is 0.694. The molecule has 0 rings (SSSR count). The fraction of sp³-hybridized carbons (Fsp3) is 0.692. The Bertz CT molecular complexity index is 479. The third-order valence-corrected chi connectivity index (χ3v) is 2.95. The molecule has 0 aliphatic heterocycles. The van der Waals surface area contributed by atoms with E-state index in [2.05, 4.69) is 10.6 Å². The number of nitrogens with two attached hydrogens (primary N) is 1. The number of carboxylic acids is 1. The van der Waals surface area contributed by atoms with Crippen LogP contribution in [0.3, 0.4) is 0 Å². The minimum atomic E-state index is -1.47. The van der Waals surface area contributed by atoms with E-state index in [0.29, 0.717) is 0 Å². The Balaban J connectivity index is 5.03. The molecule has 0 aromatic rings. The highest BCUT2D eigenvalue weighted by atomic mass is 16.4. The molecular weight excluding hydrogens is 324 g/mol. The Labute approximate surface area is 138 Å². The third-order valence-electron chi connectivity index (χ3n) is 2.95. The fourth-order valence-corrected chi connectivity index (χ4v) is 1.61. The summed E-state index contributed by atoms with van der Waals surface area (Å²) in [6.07, 6.45) is -2.65. The number of amides is 3. The van der Waals surface area contributed by atoms with Crippen molar-refractivity contribution in [2.24, 2.45) is 5.73 Å². The van der Waals surface area contributed by atoms with Crippen molar-refractivity contribution in [2.45, 2.75) is 51.1 Å². The zero-order valence-corrected chi connectivity index (χ0v) is 13.6. The second-order valence-electron chi connectivity index (χ2n) is 5.35. The zero-order valence-electron chi connectivity index (χ0n) is 13.6. The van der Waals surface area contributed by atoms with Crippen LogP contribution in [0.25, 0.3) is 0 Å². The normalized spacial score (nSPS) is 16.9. The van der Waals surface area contributed by atoms with Crippen molar-refractivity contribution >= 4 is 23.7 Å². The van der Waals surface area contributed by atoms with Crippen LogP contribution in [0.5, 0.6) is 0 Å². The largest absolute Gasteiger partial charge is 0.480 e. The molecule has 0 aromatic carbocycles. The Hall–Kier alpha value is -2.24. The molecule has 24 heavy (non-hydrogen) atoms. The standard InChI is InChI=1S/C13H24N4O7/c1-5(14)11(22)16-10(7(3)19)13(24)17-9(6(2)18)12(23)15-4-8(20)21/h5-7,9-10,18-19H,4,14H2,1-3H3,(H,15,23)(H,16,22)(H,17,24)(H,20,21). The van der Waals surface area contributed by atoms with Gasteiger partial charge < -0.3 is 37.0 Å². The maximum Gasteiger partial charge on any atom is 0.322 e. The number of carbonyl (C=O) groups excluding carboxylic acids is 3. The molecule has 0 spiro atoms. The van der Waals surface area contributed by atoms with Gasteiger partial charge in [0.05, 0.1) is 18.2 Å². The molecule has 0 saturated carbocycles. The predicted octanol–water partition coefficient (Wildman–Crippen LogP) is -3.73. The Morgan fingerprint density at radius 3 is 1.67 bits per heavy atom. The molecule has 11 nitrogen and oxygen atoms in total. The number of carboxylic acid groups (broad SMARTS) is 1. The lowest BCUT2D eigenvalue weighted by molar-refractivity contribution is -0.139. The molecule has 0 heterocycles. The summed E-state index contributed by atoms with van der Waals surface area (Å²) >= 11 is 0. The SMILES string of the molecule is CC(N)C(=O)NC(C(=O)NC(C(=O)NCC(=O)O)C(C)O)C(C)O. The predicted molar refractivity (Wildman–Crippen MR) is 81.5 cm³/mol. The molecule has 138 valence electrons. The summed E-state index contributed by atoms with van der Waals surface area (Å²) in [6.45, 7) is 3.14. The van der Waals surface area contributed by atoms with Crippen LogP contribution in [0.15, 0.2) is 0 Å². The number of aliphatic hydroxyl groups excluding tert-OH is 2. The molecule has 11 heteroatoms. The van der Waals surface area contributed by atoms with Crippen molar-refractivity contribution in [2.75, 3.05) is 6.54 Å². The van der Waals surface area contributed by atoms with E-state index >= 15 is 0 Å². The van der Waals surface area contributed by atoms with Crippen LogP contribution in [0, 0.1) is 0 Å². The van der Waals surface area contributed by atoms with Gasteiger partial charge in [-0.1, -0.05) is 0 Å². The van der Waals surface area contributed by atoms with Gasteiger partial charge in [0.25, 0.3) is 0 Å². The molecular formula is C13H24N4O7. The van der Waals surface area contributed by atoms with E-state index in [1.165, 1.54) is 20.8 Å². The molecule has 5 atom stereocenters. The number of nitrogens with one attached hydrogen (secondary N) is 3. The molecule has 0 aliphatic rings. The highest BCUT2D eigenvalue weighted by Crippen LogP contribution is 1.99. The Kier molecular flexibility index (Phi) is 8.89. The van der Waals surface area contributed by atoms with Crippen molar-refractivity contribution < 1.29 is 34.5 Å². The number of carbonyl (C=O) groups is 4. The first-order chi connectivity index (χ1) is 11.0. The quantitative estimate of drug-likeness (QED) is 0.221. The molecule has 8 N–H and O–H groups in total. The van der Waals surface area contributed by atoms with Crippen LogP contribution < -0.4 is 21.7 Å². The van der Waals surface area contributed by atoms with Gasteiger partial charge in [-0.05, 0) is 20.8 Å². The van der Waals surface area contributed by atoms with E-state index in [-0.39, 0.29) is 0 Å². The summed E-state index contributed by atoms with van der Waals surface area (Å²) in [7, 11) is 0. The summed E-state index contributed by atoms with van der Waals surface area (Å²) in [6, 6.07) is -3.80. The highest BCUT2D eigenvalue weighted by molar-refractivity contribution is 5.94. The topological polar surface area (TPSA) is 191 Å². The average molecular weight is 348 g/mol. The van der Waals surface area contributed by atoms with Gasteiger partial charge in [-0.15, -0.1) is 0 Å². The van der Waals surface area contributed by atoms with Crippen LogP contribution in [0.4, 0.5) is 0 Å². The van der Waals surface area contributed by atoms with Gasteiger partial charge in [-0.2, -0.15) is 0 Å². The molecule has 5 unspecified atom stereocenters. The van der Waals surface area contributed by atoms with Gasteiger partial charge in [0.2, 0.25) is 17.7 Å². The lowest BCUT2D eigenvalue weighted by Crippen LogP contribution is -2.60. The van der Waals surface area contributed by atoms with E-state index in [1.54, 1.807) is 0 Å². The monoisotopic (exact) mass is 348 g/mol. The lowest BCUT2D eigenvalue weighted by Gasteiger charge is -2.26. The van der Waals surface area contributed by atoms with E-state index in [1.807, 2.05) is 5.32 Å². The van der Waals surface area contributed by atoms with Gasteiger partial charge in [0, 0.05) is 0 Å². The van der Waals surface area contributed by atoms with Crippen molar-refractivity contribution in [3.05, 3.63) is 0 Å². The number of aliphatic hydroxyl groups is 2. The second-order valence-corrected chi connectivity index (χ2v) is 5.35. The summed E-state index contributed by atoms with van der Waals surface area (Å²) in [5, 5.41) is 34.1. The van der Waals surface area contributed by atoms with Crippen LogP contribution in [-0.4, -0.2) is 75.9 Å². The number of hydrogen-bond donors (Lipinski definition) is 7. The van der Waals surface area contributed by atoms with E-state index in [9.17, 15) is 29.4 Å². The maximum atomic E-state index is 12.2. The van der Waals surface area contributed by atoms with Crippen LogP contribution in [0.2, 0.25) is 0 Å². The number of rotatable bonds is 9. The van der Waals surface area contributed by atoms with Crippen LogP contribution >= 0.6 is 0 Å². The first-order valence-electron chi connectivity index (χ1n) is 7.19. The third kappa shape index (κ3) is 7.35. The summed E-state index contributed by atoms with van der Waals surface area (Å²) in [4.78, 5) is 46.0. The van der Waals surface area contributed by atoms with Crippen LogP contribution in [0.1, 0.15) is 20.8 Å². The molecule has 0 bridgehead atoms. The Morgan fingerprint density at radius 1 is 0.875 bits per heavy atom. The van der Waals surface area contributed by atoms with Crippen LogP contribution in [-0.2, 0) is 19.2 Å². The molecule has 0 fully saturated rings. The van der Waals surface area contributed by atoms with Gasteiger partial charge in [0.15, 0.2) is 0 Å². The van der Waals surface area contributed by atoms with Gasteiger partial charge in [-0.3, -0.25) is 19.2 Å². The molecule has 0 aromatic heterocycles. The first kappa shape index (κ1) is 21.8. The van der Waals surface area contributed by atoms with Crippen molar-refractivity contribution in [1.82, 2.24) is 16.0 Å². The smallest absolute Gasteiger partial charge is 0.322 e. The molecule has 3 amide bonds. The number of aliphatic carboxylic acids is 1. The van der Waals surface area contributed by atoms with Gasteiger partial charge >= 0.3 is 5.97 Å². The summed E-state index contributed by atoms with van der Waals surface area (Å²) in [5.74, 6) is -3.86. The first-order valence-corrected chi connectivity index (χ1v) is 7.19. The molecule has 0 radical (unpaired) electrons. The Morgan fingerprint density at radius 2 is 1.29 bits per heavy atom. The molecule has 0 saturated heterocycles. The van der Waals surface area contributed by atoms with E-state index in [0.717, 1.165) is 0 Å². The van der Waals surface area contributed by atoms with E-state index < -0.39 is 60.6 Å². The van der Waals surface area contributed by atoms with Crippen molar-refractivity contribution in [3.8, 4) is 0 Å². The number of hydrogen-bond acceptors (Lipinski definition) is 7. The van der Waals surface area contributed by atoms with Gasteiger partial charge in [-0.25, -0.2) is 0 Å². The summed E-state index contributed by atoms with van der Waals surface area (Å²) in [5.41, 5.74) is 5.37. The average Bonchev–Trinajstić information content (AvgIpc) is 2.46. The van der Waals surface area contributed by atoms with Crippen molar-refractivity contribution in [3.63, 3.8) is 0 Å². The lowest BCUT2D eigenvalue weighted by atomic mass is 10.1. The zero-order chi connectivity index (χ0) is 19.0. The maximum absolute atomic E-state index is 12.2. The fourth-order valence-electron chi connectivity index (χ4n) is 1.61. The van der Waals surface area contributed by atoms with Crippen molar-refractivity contribution in [1.29, 1.82) is 0 Å². The molecule has 0 aliphatic carbocycles. The van der Waals surface area contributed by atoms with E-state index in [4.69, 9.17) is 10.8 Å².